The summed E-state index contributed by atoms with van der Waals surface area (Å²) >= 11 is 0. The zero-order chi connectivity index (χ0) is 16.7. The van der Waals surface area contributed by atoms with Crippen LogP contribution in [0.3, 0.4) is 0 Å². The normalized spacial score (nSPS) is 8.77. The minimum atomic E-state index is 0. The van der Waals surface area contributed by atoms with Gasteiger partial charge < -0.3 is 24.8 Å². The van der Waals surface area contributed by atoms with E-state index in [9.17, 15) is 0 Å². The van der Waals surface area contributed by atoms with Gasteiger partial charge in [0, 0.05) is 35.7 Å². The molecular weight excluding hydrogens is 454 g/mol. The average Bonchev–Trinajstić information content (AvgIpc) is 3.08. The van der Waals surface area contributed by atoms with Crippen LogP contribution >= 0.6 is 0 Å². The average molecular weight is 479 g/mol. The molecule has 0 fully saturated rings. The van der Waals surface area contributed by atoms with Crippen LogP contribution in [-0.2, 0) is 26.2 Å². The van der Waals surface area contributed by atoms with E-state index in [1.165, 1.54) is 32.7 Å². The number of hydrogen-bond donors (Lipinski definition) is 0. The van der Waals surface area contributed by atoms with Crippen molar-refractivity contribution in [3.63, 3.8) is 0 Å². The third-order valence-electron chi connectivity index (χ3n) is 3.52. The van der Waals surface area contributed by atoms with Crippen molar-refractivity contribution in [1.82, 2.24) is 0 Å². The summed E-state index contributed by atoms with van der Waals surface area (Å²) in [6, 6.07) is 25.7. The second-order valence-corrected chi connectivity index (χ2v) is 6.82. The number of hydrogen-bond acceptors (Lipinski definition) is 0. The second-order valence-electron chi connectivity index (χ2n) is 5.82. The summed E-state index contributed by atoms with van der Waals surface area (Å²) in [7, 11) is 1.08. The van der Waals surface area contributed by atoms with Crippen LogP contribution in [0.15, 0.2) is 72.8 Å². The van der Waals surface area contributed by atoms with E-state index in [4.69, 9.17) is 0 Å². The number of benzene rings is 2. The van der Waals surface area contributed by atoms with Crippen LogP contribution in [-0.4, -0.2) is 9.52 Å². The molecule has 0 heterocycles. The van der Waals surface area contributed by atoms with E-state index in [1.807, 2.05) is 0 Å². The van der Waals surface area contributed by atoms with Gasteiger partial charge in [0.1, 0.15) is 0 Å². The van der Waals surface area contributed by atoms with E-state index in [2.05, 4.69) is 99.7 Å². The van der Waals surface area contributed by atoms with Crippen LogP contribution in [0.25, 0.3) is 21.5 Å². The Hall–Kier alpha value is -0.660. The molecule has 0 aliphatic heterocycles. The quantitative estimate of drug-likeness (QED) is 0.256. The summed E-state index contributed by atoms with van der Waals surface area (Å²) in [6.07, 6.45) is 0. The van der Waals surface area contributed by atoms with Crippen molar-refractivity contribution in [2.45, 2.75) is 26.9 Å². The molecule has 0 aliphatic carbocycles. The zero-order valence-electron chi connectivity index (χ0n) is 15.7. The van der Waals surface area contributed by atoms with Gasteiger partial charge in [0.2, 0.25) is 0 Å². The van der Waals surface area contributed by atoms with Gasteiger partial charge >= 0.3 is 0 Å². The van der Waals surface area contributed by atoms with E-state index in [-0.39, 0.29) is 51.0 Å². The van der Waals surface area contributed by atoms with Gasteiger partial charge in [-0.1, -0.05) is 39.1 Å². The number of aryl methyl sites for hydroxylation is 2. The van der Waals surface area contributed by atoms with Gasteiger partial charge in [-0.15, -0.1) is 81.2 Å². The van der Waals surface area contributed by atoms with Gasteiger partial charge in [-0.05, 0) is 0 Å². The molecule has 26 heavy (non-hydrogen) atoms. The molecule has 0 atom stereocenters. The SMILES string of the molecule is C[Si]C.Cc1cc2ccccc2[cH-]1.Cc1cc2ccccc2[cH-]1.[Cl-].[Cl-].[Zr]. The van der Waals surface area contributed by atoms with Gasteiger partial charge in [-0.2, -0.15) is 12.1 Å². The minimum Gasteiger partial charge on any atom is -1.00 e. The Kier molecular flexibility index (Phi) is 15.3. The van der Waals surface area contributed by atoms with E-state index >= 15 is 0 Å². The Morgan fingerprint density at radius 2 is 0.962 bits per heavy atom. The summed E-state index contributed by atoms with van der Waals surface area (Å²) in [5.41, 5.74) is 2.70. The van der Waals surface area contributed by atoms with Crippen molar-refractivity contribution in [1.29, 1.82) is 0 Å². The van der Waals surface area contributed by atoms with Gasteiger partial charge in [0.05, 0.1) is 0 Å². The summed E-state index contributed by atoms with van der Waals surface area (Å²) in [4.78, 5) is 0. The molecule has 0 spiro atoms. The summed E-state index contributed by atoms with van der Waals surface area (Å²) in [6.45, 7) is 8.56. The van der Waals surface area contributed by atoms with Crippen LogP contribution in [0.2, 0.25) is 13.1 Å². The first kappa shape index (κ1) is 27.6. The molecule has 4 heteroatoms. The first-order valence-electron chi connectivity index (χ1n) is 7.96. The van der Waals surface area contributed by atoms with Crippen LogP contribution in [0.1, 0.15) is 11.1 Å². The van der Waals surface area contributed by atoms with Crippen molar-refractivity contribution >= 4 is 31.1 Å². The standard InChI is InChI=1S/2C10H9.C2H6Si.2ClH.Zr/c2*1-8-6-9-4-2-3-5-10(9)7-8;1-3-2;;;/h2*2-7H,1H3;1-2H3;2*1H;/q2*-1;;;;/p-2. The molecule has 0 bridgehead atoms. The fourth-order valence-electron chi connectivity index (χ4n) is 2.61. The van der Waals surface area contributed by atoms with Crippen molar-refractivity contribution in [2.75, 3.05) is 0 Å². The predicted octanol–water partition coefficient (Wildman–Crippen LogP) is 0.527. The molecule has 0 aromatic heterocycles. The molecule has 4 aromatic rings. The molecule has 138 valence electrons. The van der Waals surface area contributed by atoms with Crippen LogP contribution < -0.4 is 24.8 Å². The van der Waals surface area contributed by atoms with E-state index in [0.29, 0.717) is 0 Å². The molecule has 0 N–H and O–H groups in total. The van der Waals surface area contributed by atoms with Gasteiger partial charge in [-0.3, -0.25) is 0 Å². The Bertz CT molecular complexity index is 726. The summed E-state index contributed by atoms with van der Waals surface area (Å²) in [5.74, 6) is 0. The number of halogens is 2. The van der Waals surface area contributed by atoms with Crippen LogP contribution in [0.4, 0.5) is 0 Å². The van der Waals surface area contributed by atoms with E-state index in [1.54, 1.807) is 0 Å². The molecular formula is C22H24Cl2SiZr-4. The zero-order valence-corrected chi connectivity index (χ0v) is 20.7. The smallest absolute Gasteiger partial charge is 0.0307 e. The molecule has 0 aliphatic rings. The third kappa shape index (κ3) is 8.35. The summed E-state index contributed by atoms with van der Waals surface area (Å²) < 4.78 is 0. The molecule has 0 nitrogen and oxygen atoms in total. The molecule has 2 radical (unpaired) electrons. The van der Waals surface area contributed by atoms with Crippen molar-refractivity contribution in [2.24, 2.45) is 0 Å². The van der Waals surface area contributed by atoms with Crippen LogP contribution in [0.5, 0.6) is 0 Å². The second kappa shape index (κ2) is 14.4. The Morgan fingerprint density at radius 1 is 0.654 bits per heavy atom. The molecule has 0 unspecified atom stereocenters. The fraction of sp³-hybridized carbons (Fsp3) is 0.182. The summed E-state index contributed by atoms with van der Waals surface area (Å²) in [5, 5.41) is 5.39. The fourth-order valence-corrected chi connectivity index (χ4v) is 2.61. The molecule has 4 rings (SSSR count). The van der Waals surface area contributed by atoms with Gasteiger partial charge in [-0.25, -0.2) is 0 Å². The monoisotopic (exact) mass is 476 g/mol. The molecule has 0 saturated carbocycles. The molecule has 0 saturated heterocycles. The maximum Gasteiger partial charge on any atom is 0.0307 e. The van der Waals surface area contributed by atoms with Crippen molar-refractivity contribution < 1.29 is 51.0 Å². The predicted molar refractivity (Wildman–Crippen MR) is 106 cm³/mol. The van der Waals surface area contributed by atoms with E-state index in [0.717, 1.165) is 9.52 Å². The minimum absolute atomic E-state index is 0. The first-order valence-corrected chi connectivity index (χ1v) is 9.96. The van der Waals surface area contributed by atoms with Crippen molar-refractivity contribution in [3.8, 4) is 0 Å². The first-order chi connectivity index (χ1) is 11.1. The van der Waals surface area contributed by atoms with E-state index < -0.39 is 0 Å². The maximum atomic E-state index is 2.20. The van der Waals surface area contributed by atoms with Gasteiger partial charge in [0.15, 0.2) is 0 Å². The topological polar surface area (TPSA) is 0 Å². The Labute approximate surface area is 191 Å². The van der Waals surface area contributed by atoms with Crippen LogP contribution in [0, 0.1) is 13.8 Å². The number of fused-ring (bicyclic) bond motifs is 2. The molecule has 4 aromatic carbocycles. The Balaban J connectivity index is 0. The van der Waals surface area contributed by atoms with Gasteiger partial charge in [0.25, 0.3) is 0 Å². The third-order valence-corrected chi connectivity index (χ3v) is 3.52. The number of rotatable bonds is 0. The Morgan fingerprint density at radius 3 is 1.27 bits per heavy atom. The maximum absolute atomic E-state index is 2.20. The largest absolute Gasteiger partial charge is 1.00 e. The molecule has 0 amide bonds. The van der Waals surface area contributed by atoms with Crippen molar-refractivity contribution in [3.05, 3.63) is 83.9 Å².